The number of hydrogen-bond donors (Lipinski definition) is 0. The van der Waals surface area contributed by atoms with Crippen LogP contribution in [0.2, 0.25) is 0 Å². The average Bonchev–Trinajstić information content (AvgIpc) is 3.30. The van der Waals surface area contributed by atoms with Gasteiger partial charge in [0.1, 0.15) is 0 Å². The first-order valence-electron chi connectivity index (χ1n) is 19.6. The molecule has 0 fully saturated rings. The van der Waals surface area contributed by atoms with E-state index in [1.54, 1.807) is 0 Å². The molecule has 268 valence electrons. The van der Waals surface area contributed by atoms with Crippen molar-refractivity contribution >= 4 is 38.6 Å². The zero-order valence-corrected chi connectivity index (χ0v) is 31.5. The molecule has 0 spiro atoms. The zero-order valence-electron chi connectivity index (χ0n) is 31.5. The predicted molar refractivity (Wildman–Crippen MR) is 243 cm³/mol. The minimum atomic E-state index is 1.09. The fourth-order valence-electron chi connectivity index (χ4n) is 8.41. The van der Waals surface area contributed by atoms with Crippen LogP contribution in [0.5, 0.6) is 0 Å². The summed E-state index contributed by atoms with van der Waals surface area (Å²) in [5.74, 6) is 0. The highest BCUT2D eigenvalue weighted by Gasteiger charge is 2.25. The second-order valence-electron chi connectivity index (χ2n) is 14.5. The van der Waals surface area contributed by atoms with E-state index in [1.807, 2.05) is 0 Å². The second kappa shape index (κ2) is 15.0. The van der Waals surface area contributed by atoms with Crippen LogP contribution in [-0.4, -0.2) is 0 Å². The van der Waals surface area contributed by atoms with Crippen LogP contribution < -0.4 is 4.90 Å². The lowest BCUT2D eigenvalue weighted by Crippen LogP contribution is -2.12. The van der Waals surface area contributed by atoms with Gasteiger partial charge < -0.3 is 4.90 Å². The summed E-state index contributed by atoms with van der Waals surface area (Å²) in [5.41, 5.74) is 15.2. The van der Waals surface area contributed by atoms with E-state index in [4.69, 9.17) is 0 Å². The van der Waals surface area contributed by atoms with E-state index in [0.717, 1.165) is 22.6 Å². The van der Waals surface area contributed by atoms with Crippen molar-refractivity contribution < 1.29 is 0 Å². The molecule has 10 rings (SSSR count). The molecule has 0 saturated heterocycles. The van der Waals surface area contributed by atoms with E-state index < -0.39 is 0 Å². The molecule has 0 unspecified atom stereocenters. The number of hydrogen-bond acceptors (Lipinski definition) is 1. The van der Waals surface area contributed by atoms with E-state index in [1.165, 1.54) is 71.6 Å². The Hall–Kier alpha value is -7.48. The molecule has 0 aliphatic carbocycles. The van der Waals surface area contributed by atoms with Gasteiger partial charge in [-0.05, 0) is 103 Å². The van der Waals surface area contributed by atoms with Crippen LogP contribution in [0.15, 0.2) is 237 Å². The van der Waals surface area contributed by atoms with Gasteiger partial charge in [0.05, 0.1) is 5.69 Å². The third-order valence-corrected chi connectivity index (χ3v) is 11.0. The molecule has 0 aromatic heterocycles. The summed E-state index contributed by atoms with van der Waals surface area (Å²) in [6, 6.07) is 85.8. The van der Waals surface area contributed by atoms with E-state index in [2.05, 4.69) is 241 Å². The lowest BCUT2D eigenvalue weighted by molar-refractivity contribution is 1.30. The summed E-state index contributed by atoms with van der Waals surface area (Å²) < 4.78 is 0. The van der Waals surface area contributed by atoms with E-state index in [-0.39, 0.29) is 0 Å². The summed E-state index contributed by atoms with van der Waals surface area (Å²) in [7, 11) is 0. The SMILES string of the molecule is c1ccc(-c2cc(-c3ccccc3)cc(N(c3ccccc3)c3c(-c4cccc(-c5ccccc5-c5ccccc5)c4)c4ccccc4c4ccccc34)c2)cc1. The number of benzene rings is 10. The Kier molecular flexibility index (Phi) is 8.95. The van der Waals surface area contributed by atoms with Crippen LogP contribution in [0.3, 0.4) is 0 Å². The van der Waals surface area contributed by atoms with Crippen LogP contribution in [0.25, 0.3) is 77.2 Å². The van der Waals surface area contributed by atoms with Crippen molar-refractivity contribution in [3.05, 3.63) is 237 Å². The van der Waals surface area contributed by atoms with Crippen molar-refractivity contribution in [2.24, 2.45) is 0 Å². The standard InChI is InChI=1S/C56H39N/c1-5-20-40(21-6-1)45-37-46(41-22-7-2-8-23-41)39-48(38-45)57(47-28-11-4-12-29-47)56-54-35-18-16-33-52(54)51-32-15-17-34-53(51)55(56)44-27-19-26-43(36-44)50-31-14-13-30-49(50)42-24-9-3-10-25-42/h1-39H. The normalized spacial score (nSPS) is 11.2. The molecule has 0 aliphatic rings. The van der Waals surface area contributed by atoms with E-state index in [9.17, 15) is 0 Å². The predicted octanol–water partition coefficient (Wildman–Crippen LogP) is 15.8. The Balaban J connectivity index is 1.30. The molecule has 0 amide bonds. The number of anilines is 3. The summed E-state index contributed by atoms with van der Waals surface area (Å²) in [6.45, 7) is 0. The molecule has 1 nitrogen and oxygen atoms in total. The molecule has 0 radical (unpaired) electrons. The third kappa shape index (κ3) is 6.46. The minimum absolute atomic E-state index is 1.09. The number of nitrogens with zero attached hydrogens (tertiary/aromatic N) is 1. The van der Waals surface area contributed by atoms with Gasteiger partial charge in [-0.3, -0.25) is 0 Å². The average molecular weight is 726 g/mol. The molecule has 0 atom stereocenters. The van der Waals surface area contributed by atoms with Crippen molar-refractivity contribution in [3.63, 3.8) is 0 Å². The third-order valence-electron chi connectivity index (χ3n) is 11.0. The molecule has 10 aromatic carbocycles. The van der Waals surface area contributed by atoms with Gasteiger partial charge in [0.2, 0.25) is 0 Å². The molecule has 0 aliphatic heterocycles. The molecular weight excluding hydrogens is 687 g/mol. The Bertz CT molecular complexity index is 2930. The Morgan fingerprint density at radius 1 is 0.228 bits per heavy atom. The van der Waals surface area contributed by atoms with Gasteiger partial charge in [-0.2, -0.15) is 0 Å². The summed E-state index contributed by atoms with van der Waals surface area (Å²) in [5, 5.41) is 4.86. The molecule has 10 aromatic rings. The Labute approximate surface area is 334 Å². The van der Waals surface area contributed by atoms with Crippen molar-refractivity contribution in [1.82, 2.24) is 0 Å². The largest absolute Gasteiger partial charge is 0.309 e. The Morgan fingerprint density at radius 2 is 0.632 bits per heavy atom. The van der Waals surface area contributed by atoms with Gasteiger partial charge in [-0.1, -0.05) is 200 Å². The maximum absolute atomic E-state index is 2.49. The molecular formula is C56H39N. The zero-order chi connectivity index (χ0) is 38.0. The van der Waals surface area contributed by atoms with Gasteiger partial charge in [-0.15, -0.1) is 0 Å². The van der Waals surface area contributed by atoms with Crippen LogP contribution in [0.1, 0.15) is 0 Å². The maximum atomic E-state index is 2.49. The topological polar surface area (TPSA) is 3.24 Å². The summed E-state index contributed by atoms with van der Waals surface area (Å²) >= 11 is 0. The first kappa shape index (κ1) is 34.0. The lowest BCUT2D eigenvalue weighted by Gasteiger charge is -2.31. The van der Waals surface area contributed by atoms with Crippen LogP contribution in [0, 0.1) is 0 Å². The fraction of sp³-hybridized carbons (Fsp3) is 0. The molecule has 0 bridgehead atoms. The first-order chi connectivity index (χ1) is 28.3. The Morgan fingerprint density at radius 3 is 1.23 bits per heavy atom. The van der Waals surface area contributed by atoms with Crippen molar-refractivity contribution in [1.29, 1.82) is 0 Å². The second-order valence-corrected chi connectivity index (χ2v) is 14.5. The highest BCUT2D eigenvalue weighted by molar-refractivity contribution is 6.22. The van der Waals surface area contributed by atoms with E-state index >= 15 is 0 Å². The highest BCUT2D eigenvalue weighted by atomic mass is 15.1. The summed E-state index contributed by atoms with van der Waals surface area (Å²) in [6.07, 6.45) is 0. The maximum Gasteiger partial charge on any atom is 0.0624 e. The van der Waals surface area contributed by atoms with Gasteiger partial charge in [0, 0.05) is 22.3 Å². The smallest absolute Gasteiger partial charge is 0.0624 e. The van der Waals surface area contributed by atoms with Crippen molar-refractivity contribution in [3.8, 4) is 55.6 Å². The van der Waals surface area contributed by atoms with Gasteiger partial charge >= 0.3 is 0 Å². The van der Waals surface area contributed by atoms with Crippen LogP contribution in [-0.2, 0) is 0 Å². The lowest BCUT2D eigenvalue weighted by atomic mass is 9.87. The number of para-hydroxylation sites is 1. The van der Waals surface area contributed by atoms with Crippen LogP contribution in [0.4, 0.5) is 17.1 Å². The van der Waals surface area contributed by atoms with Gasteiger partial charge in [-0.25, -0.2) is 0 Å². The summed E-state index contributed by atoms with van der Waals surface area (Å²) in [4.78, 5) is 2.49. The minimum Gasteiger partial charge on any atom is -0.309 e. The van der Waals surface area contributed by atoms with Gasteiger partial charge in [0.25, 0.3) is 0 Å². The first-order valence-corrected chi connectivity index (χ1v) is 19.6. The highest BCUT2D eigenvalue weighted by Crippen LogP contribution is 2.51. The molecule has 0 heterocycles. The van der Waals surface area contributed by atoms with E-state index in [0.29, 0.717) is 0 Å². The molecule has 1 heteroatoms. The molecule has 0 N–H and O–H groups in total. The fourth-order valence-corrected chi connectivity index (χ4v) is 8.41. The van der Waals surface area contributed by atoms with Crippen molar-refractivity contribution in [2.45, 2.75) is 0 Å². The number of fused-ring (bicyclic) bond motifs is 3. The monoisotopic (exact) mass is 725 g/mol. The van der Waals surface area contributed by atoms with Gasteiger partial charge in [0.15, 0.2) is 0 Å². The van der Waals surface area contributed by atoms with Crippen LogP contribution >= 0.6 is 0 Å². The number of rotatable bonds is 8. The molecule has 57 heavy (non-hydrogen) atoms. The molecule has 0 saturated carbocycles. The van der Waals surface area contributed by atoms with Crippen molar-refractivity contribution in [2.75, 3.05) is 4.90 Å². The quantitative estimate of drug-likeness (QED) is 0.141.